The van der Waals surface area contributed by atoms with E-state index >= 15 is 0 Å². The van der Waals surface area contributed by atoms with Gasteiger partial charge < -0.3 is 21.2 Å². The largest absolute Gasteiger partial charge is 0.409 e. The molecule has 0 atom stereocenters. The number of piperidine rings is 1. The van der Waals surface area contributed by atoms with Crippen LogP contribution in [0.25, 0.3) is 0 Å². The Hall–Kier alpha value is -1.46. The zero-order valence-electron chi connectivity index (χ0n) is 10.6. The third-order valence-corrected chi connectivity index (χ3v) is 3.13. The highest BCUT2D eigenvalue weighted by Gasteiger charge is 2.25. The van der Waals surface area contributed by atoms with Crippen LogP contribution in [-0.4, -0.2) is 41.6 Å². The smallest absolute Gasteiger partial charge is 0.317 e. The number of urea groups is 1. The standard InChI is InChI=1S/C11H22N4O2/c1-11(2,9(12)14-17)8-13-10(16)15-6-4-3-5-7-15/h17H,3-8H2,1-2H3,(H2,12,14)(H,13,16). The quantitative estimate of drug-likeness (QED) is 0.298. The van der Waals surface area contributed by atoms with Crippen molar-refractivity contribution < 1.29 is 10.0 Å². The van der Waals surface area contributed by atoms with Crippen molar-refractivity contribution in [1.29, 1.82) is 0 Å². The van der Waals surface area contributed by atoms with E-state index < -0.39 is 5.41 Å². The molecule has 1 heterocycles. The molecule has 1 aliphatic heterocycles. The van der Waals surface area contributed by atoms with Gasteiger partial charge in [-0.2, -0.15) is 0 Å². The van der Waals surface area contributed by atoms with Gasteiger partial charge in [0.25, 0.3) is 0 Å². The Balaban J connectivity index is 2.41. The lowest BCUT2D eigenvalue weighted by atomic mass is 9.92. The average Bonchev–Trinajstić information content (AvgIpc) is 2.36. The number of nitrogens with zero attached hydrogens (tertiary/aromatic N) is 2. The number of amides is 2. The highest BCUT2D eigenvalue weighted by molar-refractivity contribution is 5.86. The molecule has 0 aromatic heterocycles. The van der Waals surface area contributed by atoms with Crippen molar-refractivity contribution in [1.82, 2.24) is 10.2 Å². The average molecular weight is 242 g/mol. The molecule has 0 radical (unpaired) electrons. The SMILES string of the molecule is CC(C)(CNC(=O)N1CCCCC1)C(N)=NO. The second kappa shape index (κ2) is 5.75. The Bertz CT molecular complexity index is 296. The molecule has 1 saturated heterocycles. The lowest BCUT2D eigenvalue weighted by molar-refractivity contribution is 0.184. The van der Waals surface area contributed by atoms with Gasteiger partial charge in [0, 0.05) is 25.0 Å². The van der Waals surface area contributed by atoms with Gasteiger partial charge in [-0.25, -0.2) is 4.79 Å². The summed E-state index contributed by atoms with van der Waals surface area (Å²) in [6, 6.07) is -0.0662. The molecule has 0 unspecified atom stereocenters. The second-order valence-corrected chi connectivity index (χ2v) is 5.08. The normalized spacial score (nSPS) is 18.0. The van der Waals surface area contributed by atoms with Gasteiger partial charge in [0.1, 0.15) is 5.84 Å². The zero-order chi connectivity index (χ0) is 12.9. The Labute approximate surface area is 102 Å². The minimum Gasteiger partial charge on any atom is -0.409 e. The van der Waals surface area contributed by atoms with E-state index in [2.05, 4.69) is 10.5 Å². The highest BCUT2D eigenvalue weighted by Crippen LogP contribution is 2.14. The zero-order valence-corrected chi connectivity index (χ0v) is 10.6. The fourth-order valence-electron chi connectivity index (χ4n) is 1.73. The van der Waals surface area contributed by atoms with Crippen LogP contribution >= 0.6 is 0 Å². The van der Waals surface area contributed by atoms with E-state index in [1.807, 2.05) is 18.7 Å². The van der Waals surface area contributed by atoms with Gasteiger partial charge in [0.15, 0.2) is 0 Å². The van der Waals surface area contributed by atoms with Gasteiger partial charge in [-0.05, 0) is 19.3 Å². The summed E-state index contributed by atoms with van der Waals surface area (Å²) in [7, 11) is 0. The molecule has 0 aliphatic carbocycles. The van der Waals surface area contributed by atoms with Crippen molar-refractivity contribution in [2.24, 2.45) is 16.3 Å². The molecule has 0 saturated carbocycles. The summed E-state index contributed by atoms with van der Waals surface area (Å²) in [4.78, 5) is 13.6. The van der Waals surface area contributed by atoms with Crippen LogP contribution in [0.5, 0.6) is 0 Å². The number of likely N-dealkylation sites (tertiary alicyclic amines) is 1. The van der Waals surface area contributed by atoms with Crippen molar-refractivity contribution in [3.63, 3.8) is 0 Å². The number of hydrogen-bond acceptors (Lipinski definition) is 3. The minimum absolute atomic E-state index is 0.0662. The molecule has 98 valence electrons. The molecule has 4 N–H and O–H groups in total. The summed E-state index contributed by atoms with van der Waals surface area (Å²) in [6.45, 7) is 5.63. The van der Waals surface area contributed by atoms with Crippen molar-refractivity contribution in [2.75, 3.05) is 19.6 Å². The maximum atomic E-state index is 11.8. The van der Waals surface area contributed by atoms with Crippen LogP contribution in [0, 0.1) is 5.41 Å². The Morgan fingerprint density at radius 3 is 2.53 bits per heavy atom. The van der Waals surface area contributed by atoms with Crippen molar-refractivity contribution in [2.45, 2.75) is 33.1 Å². The summed E-state index contributed by atoms with van der Waals surface area (Å²) in [5.41, 5.74) is 5.01. The fourth-order valence-corrected chi connectivity index (χ4v) is 1.73. The number of nitrogens with two attached hydrogens (primary N) is 1. The Morgan fingerprint density at radius 1 is 1.41 bits per heavy atom. The summed E-state index contributed by atoms with van der Waals surface area (Å²) >= 11 is 0. The van der Waals surface area contributed by atoms with Gasteiger partial charge in [-0.15, -0.1) is 0 Å². The third-order valence-electron chi connectivity index (χ3n) is 3.13. The lowest BCUT2D eigenvalue weighted by Gasteiger charge is -2.29. The molecule has 1 aliphatic rings. The van der Waals surface area contributed by atoms with Gasteiger partial charge >= 0.3 is 6.03 Å². The number of rotatable bonds is 3. The molecule has 17 heavy (non-hydrogen) atoms. The van der Waals surface area contributed by atoms with Crippen LogP contribution in [0.4, 0.5) is 4.79 Å². The van der Waals surface area contributed by atoms with E-state index in [1.54, 1.807) is 0 Å². The van der Waals surface area contributed by atoms with E-state index in [0.717, 1.165) is 25.9 Å². The molecule has 6 heteroatoms. The Morgan fingerprint density at radius 2 is 2.00 bits per heavy atom. The van der Waals surface area contributed by atoms with Crippen LogP contribution in [0.3, 0.4) is 0 Å². The van der Waals surface area contributed by atoms with Crippen molar-refractivity contribution in [3.05, 3.63) is 0 Å². The van der Waals surface area contributed by atoms with E-state index in [0.29, 0.717) is 6.54 Å². The van der Waals surface area contributed by atoms with Crippen LogP contribution in [0.1, 0.15) is 33.1 Å². The molecule has 0 spiro atoms. The Kier molecular flexibility index (Phi) is 4.60. The fraction of sp³-hybridized carbons (Fsp3) is 0.818. The maximum Gasteiger partial charge on any atom is 0.317 e. The monoisotopic (exact) mass is 242 g/mol. The topological polar surface area (TPSA) is 91.0 Å². The van der Waals surface area contributed by atoms with Crippen LogP contribution in [0.15, 0.2) is 5.16 Å². The summed E-state index contributed by atoms with van der Waals surface area (Å²) in [5, 5.41) is 14.4. The minimum atomic E-state index is -0.541. The molecule has 0 bridgehead atoms. The second-order valence-electron chi connectivity index (χ2n) is 5.08. The van der Waals surface area contributed by atoms with Crippen molar-refractivity contribution in [3.8, 4) is 0 Å². The molecule has 1 fully saturated rings. The molecular formula is C11H22N4O2. The van der Waals surface area contributed by atoms with E-state index in [1.165, 1.54) is 6.42 Å². The van der Waals surface area contributed by atoms with Gasteiger partial charge in [0.05, 0.1) is 0 Å². The summed E-state index contributed by atoms with van der Waals surface area (Å²) in [5.74, 6) is 0.122. The van der Waals surface area contributed by atoms with E-state index in [-0.39, 0.29) is 11.9 Å². The number of amidine groups is 1. The first-order valence-corrected chi connectivity index (χ1v) is 5.98. The first-order valence-electron chi connectivity index (χ1n) is 5.98. The molecule has 6 nitrogen and oxygen atoms in total. The number of carbonyl (C=O) groups excluding carboxylic acids is 1. The van der Waals surface area contributed by atoms with Gasteiger partial charge in [0.2, 0.25) is 0 Å². The highest BCUT2D eigenvalue weighted by atomic mass is 16.4. The van der Waals surface area contributed by atoms with Crippen LogP contribution < -0.4 is 11.1 Å². The molecule has 0 aromatic rings. The number of carbonyl (C=O) groups is 1. The predicted molar refractivity (Wildman–Crippen MR) is 66.0 cm³/mol. The van der Waals surface area contributed by atoms with Crippen molar-refractivity contribution >= 4 is 11.9 Å². The van der Waals surface area contributed by atoms with Crippen LogP contribution in [0.2, 0.25) is 0 Å². The predicted octanol–water partition coefficient (Wildman–Crippen LogP) is 0.954. The third kappa shape index (κ3) is 3.80. The van der Waals surface area contributed by atoms with E-state index in [4.69, 9.17) is 10.9 Å². The maximum absolute atomic E-state index is 11.8. The number of oxime groups is 1. The molecule has 1 rings (SSSR count). The number of nitrogens with one attached hydrogen (secondary N) is 1. The summed E-state index contributed by atoms with van der Waals surface area (Å²) < 4.78 is 0. The molecular weight excluding hydrogens is 220 g/mol. The van der Waals surface area contributed by atoms with Gasteiger partial charge in [-0.3, -0.25) is 0 Å². The molecule has 0 aromatic carbocycles. The van der Waals surface area contributed by atoms with Crippen LogP contribution in [-0.2, 0) is 0 Å². The lowest BCUT2D eigenvalue weighted by Crippen LogP contribution is -2.48. The van der Waals surface area contributed by atoms with E-state index in [9.17, 15) is 4.79 Å². The summed E-state index contributed by atoms with van der Waals surface area (Å²) in [6.07, 6.45) is 3.33. The number of hydrogen-bond donors (Lipinski definition) is 3. The van der Waals surface area contributed by atoms with Gasteiger partial charge in [-0.1, -0.05) is 19.0 Å². The first kappa shape index (κ1) is 13.6. The first-order chi connectivity index (χ1) is 7.97. The molecule has 2 amide bonds.